The molecule has 2 aromatic heterocycles. The van der Waals surface area contributed by atoms with E-state index in [-0.39, 0.29) is 5.75 Å². The highest BCUT2D eigenvalue weighted by molar-refractivity contribution is 5.78. The first-order valence-electron chi connectivity index (χ1n) is 10.4. The summed E-state index contributed by atoms with van der Waals surface area (Å²) in [5.41, 5.74) is 4.89. The van der Waals surface area contributed by atoms with E-state index in [0.717, 1.165) is 54.2 Å². The molecule has 0 unspecified atom stereocenters. The third kappa shape index (κ3) is 4.22. The number of nitrogens with zero attached hydrogens (tertiary/aromatic N) is 4. The largest absolute Gasteiger partial charge is 0.508 e. The molecular formula is C24H27N5O. The first kappa shape index (κ1) is 19.8. The van der Waals surface area contributed by atoms with E-state index in [2.05, 4.69) is 53.4 Å². The number of benzene rings is 2. The number of aromatic hydroxyl groups is 1. The van der Waals surface area contributed by atoms with E-state index in [1.165, 1.54) is 5.69 Å². The van der Waals surface area contributed by atoms with Crippen LogP contribution >= 0.6 is 0 Å². The van der Waals surface area contributed by atoms with Gasteiger partial charge in [0.05, 0.1) is 6.20 Å². The predicted octanol–water partition coefficient (Wildman–Crippen LogP) is 5.47. The Morgan fingerprint density at radius 2 is 1.63 bits per heavy atom. The van der Waals surface area contributed by atoms with Crippen molar-refractivity contribution in [3.8, 4) is 16.9 Å². The van der Waals surface area contributed by atoms with Crippen molar-refractivity contribution < 1.29 is 5.11 Å². The second kappa shape index (κ2) is 8.86. The lowest BCUT2D eigenvalue weighted by Gasteiger charge is -2.24. The second-order valence-electron chi connectivity index (χ2n) is 7.34. The van der Waals surface area contributed by atoms with Crippen LogP contribution in [-0.2, 0) is 0 Å². The monoisotopic (exact) mass is 401 g/mol. The van der Waals surface area contributed by atoms with Crippen LogP contribution in [0.15, 0.2) is 67.0 Å². The van der Waals surface area contributed by atoms with Crippen LogP contribution in [0.3, 0.4) is 0 Å². The van der Waals surface area contributed by atoms with Gasteiger partial charge in [-0.05, 0) is 60.9 Å². The maximum atomic E-state index is 9.54. The average molecular weight is 402 g/mol. The van der Waals surface area contributed by atoms with E-state index in [0.29, 0.717) is 0 Å². The molecule has 2 N–H and O–H groups in total. The van der Waals surface area contributed by atoms with Crippen LogP contribution in [0.25, 0.3) is 16.8 Å². The molecule has 0 saturated carbocycles. The maximum Gasteiger partial charge on any atom is 0.165 e. The predicted molar refractivity (Wildman–Crippen MR) is 123 cm³/mol. The van der Waals surface area contributed by atoms with Gasteiger partial charge in [0.1, 0.15) is 11.6 Å². The lowest BCUT2D eigenvalue weighted by atomic mass is 10.1. The molecule has 0 aliphatic rings. The van der Waals surface area contributed by atoms with Gasteiger partial charge in [-0.1, -0.05) is 26.0 Å². The fourth-order valence-corrected chi connectivity index (χ4v) is 3.60. The number of rotatable bonds is 8. The minimum Gasteiger partial charge on any atom is -0.508 e. The Balaban J connectivity index is 1.56. The van der Waals surface area contributed by atoms with Crippen LogP contribution in [0.5, 0.6) is 5.75 Å². The highest BCUT2D eigenvalue weighted by Crippen LogP contribution is 2.27. The molecule has 0 radical (unpaired) electrons. The quantitative estimate of drug-likeness (QED) is 0.410. The van der Waals surface area contributed by atoms with Gasteiger partial charge in [-0.2, -0.15) is 5.10 Å². The van der Waals surface area contributed by atoms with Crippen LogP contribution in [-0.4, -0.2) is 32.8 Å². The van der Waals surface area contributed by atoms with Gasteiger partial charge in [0.15, 0.2) is 5.65 Å². The van der Waals surface area contributed by atoms with Crippen molar-refractivity contribution in [3.63, 3.8) is 0 Å². The molecule has 0 saturated heterocycles. The number of phenolic OH excluding ortho intramolecular Hbond substituents is 1. The molecule has 0 fully saturated rings. The summed E-state index contributed by atoms with van der Waals surface area (Å²) < 4.78 is 1.75. The molecule has 0 spiro atoms. The van der Waals surface area contributed by atoms with E-state index < -0.39 is 0 Å². The first-order chi connectivity index (χ1) is 14.7. The van der Waals surface area contributed by atoms with Gasteiger partial charge in [-0.3, -0.25) is 0 Å². The molecule has 0 atom stereocenters. The molecule has 0 aliphatic heterocycles. The number of aromatic nitrogens is 3. The summed E-state index contributed by atoms with van der Waals surface area (Å²) in [5.74, 6) is 1.00. The molecule has 4 aromatic rings. The Kier molecular flexibility index (Phi) is 5.84. The number of anilines is 3. The van der Waals surface area contributed by atoms with Gasteiger partial charge in [-0.25, -0.2) is 9.50 Å². The molecule has 0 amide bonds. The summed E-state index contributed by atoms with van der Waals surface area (Å²) in [6.45, 7) is 6.56. The fraction of sp³-hybridized carbons (Fsp3) is 0.250. The molecule has 154 valence electrons. The molecular weight excluding hydrogens is 374 g/mol. The molecule has 4 rings (SSSR count). The van der Waals surface area contributed by atoms with E-state index in [1.54, 1.807) is 22.8 Å². The zero-order chi connectivity index (χ0) is 20.9. The van der Waals surface area contributed by atoms with E-state index in [9.17, 15) is 5.11 Å². The third-order valence-corrected chi connectivity index (χ3v) is 5.04. The zero-order valence-corrected chi connectivity index (χ0v) is 17.4. The molecule has 2 heterocycles. The SMILES string of the molecule is CCCN(CCC)c1ccc(Nc2ccn3ncc(-c4ccc(O)cc4)c3n2)cc1. The summed E-state index contributed by atoms with van der Waals surface area (Å²) >= 11 is 0. The summed E-state index contributed by atoms with van der Waals surface area (Å²) in [4.78, 5) is 7.18. The van der Waals surface area contributed by atoms with Gasteiger partial charge >= 0.3 is 0 Å². The standard InChI is InChI=1S/C24H27N5O/c1-3-14-28(15-4-2)20-9-7-19(8-10-20)26-23-13-16-29-24(27-23)22(17-25-29)18-5-11-21(30)12-6-18/h5-13,16-17,30H,3-4,14-15H2,1-2H3,(H,26,27). The highest BCUT2D eigenvalue weighted by atomic mass is 16.3. The van der Waals surface area contributed by atoms with Gasteiger partial charge in [0.25, 0.3) is 0 Å². The van der Waals surface area contributed by atoms with Crippen molar-refractivity contribution in [3.05, 3.63) is 67.0 Å². The van der Waals surface area contributed by atoms with Crippen molar-refractivity contribution in [1.29, 1.82) is 0 Å². The number of phenols is 1. The van der Waals surface area contributed by atoms with E-state index >= 15 is 0 Å². The molecule has 6 nitrogen and oxygen atoms in total. The fourth-order valence-electron chi connectivity index (χ4n) is 3.60. The summed E-state index contributed by atoms with van der Waals surface area (Å²) in [6.07, 6.45) is 5.97. The molecule has 0 aliphatic carbocycles. The zero-order valence-electron chi connectivity index (χ0n) is 17.4. The second-order valence-corrected chi connectivity index (χ2v) is 7.34. The number of fused-ring (bicyclic) bond motifs is 1. The summed E-state index contributed by atoms with van der Waals surface area (Å²) in [6, 6.07) is 17.5. The number of hydrogen-bond donors (Lipinski definition) is 2. The van der Waals surface area contributed by atoms with E-state index in [4.69, 9.17) is 4.98 Å². The molecule has 6 heteroatoms. The van der Waals surface area contributed by atoms with Crippen molar-refractivity contribution in [2.45, 2.75) is 26.7 Å². The molecule has 2 aromatic carbocycles. The van der Waals surface area contributed by atoms with Gasteiger partial charge < -0.3 is 15.3 Å². The molecule has 0 bridgehead atoms. The van der Waals surface area contributed by atoms with Gasteiger partial charge in [0.2, 0.25) is 0 Å². The van der Waals surface area contributed by atoms with Crippen molar-refractivity contribution >= 4 is 22.8 Å². The topological polar surface area (TPSA) is 65.7 Å². The lowest BCUT2D eigenvalue weighted by molar-refractivity contribution is 0.475. The van der Waals surface area contributed by atoms with Crippen LogP contribution in [0.1, 0.15) is 26.7 Å². The Hall–Kier alpha value is -3.54. The summed E-state index contributed by atoms with van der Waals surface area (Å²) in [7, 11) is 0. The molecule has 30 heavy (non-hydrogen) atoms. The van der Waals surface area contributed by atoms with Crippen molar-refractivity contribution in [2.24, 2.45) is 0 Å². The Bertz CT molecular complexity index is 1100. The van der Waals surface area contributed by atoms with Crippen LogP contribution in [0, 0.1) is 0 Å². The first-order valence-corrected chi connectivity index (χ1v) is 10.4. The smallest absolute Gasteiger partial charge is 0.165 e. The lowest BCUT2D eigenvalue weighted by Crippen LogP contribution is -2.24. The Morgan fingerprint density at radius 1 is 0.933 bits per heavy atom. The summed E-state index contributed by atoms with van der Waals surface area (Å²) in [5, 5.41) is 17.3. The third-order valence-electron chi connectivity index (χ3n) is 5.04. The maximum absolute atomic E-state index is 9.54. The average Bonchev–Trinajstić information content (AvgIpc) is 3.18. The normalized spacial score (nSPS) is 11.0. The van der Waals surface area contributed by atoms with Crippen LogP contribution < -0.4 is 10.2 Å². The minimum absolute atomic E-state index is 0.241. The van der Waals surface area contributed by atoms with Gasteiger partial charge in [0, 0.05) is 36.2 Å². The highest BCUT2D eigenvalue weighted by Gasteiger charge is 2.10. The number of hydrogen-bond acceptors (Lipinski definition) is 5. The minimum atomic E-state index is 0.241. The Labute approximate surface area is 176 Å². The van der Waals surface area contributed by atoms with Crippen molar-refractivity contribution in [1.82, 2.24) is 14.6 Å². The van der Waals surface area contributed by atoms with Gasteiger partial charge in [-0.15, -0.1) is 0 Å². The van der Waals surface area contributed by atoms with Crippen LogP contribution in [0.4, 0.5) is 17.2 Å². The number of nitrogens with one attached hydrogen (secondary N) is 1. The Morgan fingerprint density at radius 3 is 2.30 bits per heavy atom. The van der Waals surface area contributed by atoms with Crippen LogP contribution in [0.2, 0.25) is 0 Å². The van der Waals surface area contributed by atoms with E-state index in [1.807, 2.05) is 24.4 Å². The van der Waals surface area contributed by atoms with Crippen molar-refractivity contribution in [2.75, 3.05) is 23.3 Å².